The molecule has 2 aromatic rings. The van der Waals surface area contributed by atoms with Crippen LogP contribution in [0.2, 0.25) is 0 Å². The molecule has 0 aliphatic heterocycles. The van der Waals surface area contributed by atoms with Crippen LogP contribution in [0.4, 0.5) is 0 Å². The van der Waals surface area contributed by atoms with Crippen LogP contribution in [0.3, 0.4) is 0 Å². The molecule has 1 aromatic heterocycles. The second-order valence-corrected chi connectivity index (χ2v) is 4.88. The summed E-state index contributed by atoms with van der Waals surface area (Å²) in [6.07, 6.45) is 4.66. The Morgan fingerprint density at radius 2 is 2.00 bits per heavy atom. The van der Waals surface area contributed by atoms with Crippen LogP contribution in [-0.2, 0) is 17.6 Å². The summed E-state index contributed by atoms with van der Waals surface area (Å²) in [5, 5.41) is 2.93. The third-order valence-corrected chi connectivity index (χ3v) is 3.30. The second-order valence-electron chi connectivity index (χ2n) is 4.88. The molecule has 0 bridgehead atoms. The van der Waals surface area contributed by atoms with Gasteiger partial charge in [0.2, 0.25) is 5.91 Å². The van der Waals surface area contributed by atoms with E-state index in [2.05, 4.69) is 5.32 Å². The van der Waals surface area contributed by atoms with Crippen molar-refractivity contribution in [2.75, 3.05) is 13.7 Å². The van der Waals surface area contributed by atoms with E-state index < -0.39 is 0 Å². The minimum atomic E-state index is 0.0882. The molecule has 0 saturated carbocycles. The first kappa shape index (κ1) is 15.2. The SMILES string of the molecule is COc1ccc(CCC(=O)NCCCc2ccco2)cc1. The number of aryl methyl sites for hydroxylation is 2. The van der Waals surface area contributed by atoms with Crippen LogP contribution in [0.1, 0.15) is 24.2 Å². The molecule has 1 N–H and O–H groups in total. The fourth-order valence-corrected chi connectivity index (χ4v) is 2.08. The Morgan fingerprint density at radius 3 is 2.67 bits per heavy atom. The van der Waals surface area contributed by atoms with Crippen molar-refractivity contribution in [3.63, 3.8) is 0 Å². The average Bonchev–Trinajstić information content (AvgIpc) is 3.03. The minimum Gasteiger partial charge on any atom is -0.497 e. The topological polar surface area (TPSA) is 51.5 Å². The molecule has 0 spiro atoms. The molecule has 0 unspecified atom stereocenters. The van der Waals surface area contributed by atoms with Crippen LogP contribution in [0.15, 0.2) is 47.1 Å². The zero-order valence-electron chi connectivity index (χ0n) is 12.3. The highest BCUT2D eigenvalue weighted by molar-refractivity contribution is 5.76. The number of furan rings is 1. The number of hydrogen-bond acceptors (Lipinski definition) is 3. The maximum absolute atomic E-state index is 11.7. The van der Waals surface area contributed by atoms with Crippen molar-refractivity contribution >= 4 is 5.91 Å². The lowest BCUT2D eigenvalue weighted by Gasteiger charge is -2.05. The van der Waals surface area contributed by atoms with Gasteiger partial charge in [-0.15, -0.1) is 0 Å². The van der Waals surface area contributed by atoms with Gasteiger partial charge in [-0.3, -0.25) is 4.79 Å². The Balaban J connectivity index is 1.60. The Bertz CT molecular complexity index is 532. The van der Waals surface area contributed by atoms with Crippen molar-refractivity contribution < 1.29 is 13.9 Å². The van der Waals surface area contributed by atoms with E-state index in [9.17, 15) is 4.79 Å². The van der Waals surface area contributed by atoms with Gasteiger partial charge in [0, 0.05) is 19.4 Å². The van der Waals surface area contributed by atoms with Crippen molar-refractivity contribution in [2.45, 2.75) is 25.7 Å². The lowest BCUT2D eigenvalue weighted by atomic mass is 10.1. The first-order chi connectivity index (χ1) is 10.3. The quantitative estimate of drug-likeness (QED) is 0.759. The molecule has 1 amide bonds. The van der Waals surface area contributed by atoms with E-state index in [1.54, 1.807) is 13.4 Å². The predicted octanol–water partition coefficient (Wildman–Crippen LogP) is 2.97. The van der Waals surface area contributed by atoms with E-state index >= 15 is 0 Å². The highest BCUT2D eigenvalue weighted by atomic mass is 16.5. The zero-order chi connectivity index (χ0) is 14.9. The molecule has 0 radical (unpaired) electrons. The van der Waals surface area contributed by atoms with Gasteiger partial charge in [0.1, 0.15) is 11.5 Å². The molecule has 0 saturated heterocycles. The van der Waals surface area contributed by atoms with Crippen molar-refractivity contribution in [3.05, 3.63) is 54.0 Å². The van der Waals surface area contributed by atoms with E-state index in [-0.39, 0.29) is 5.91 Å². The molecule has 0 aliphatic carbocycles. The van der Waals surface area contributed by atoms with Gasteiger partial charge < -0.3 is 14.5 Å². The van der Waals surface area contributed by atoms with Crippen molar-refractivity contribution in [2.24, 2.45) is 0 Å². The molecule has 4 heteroatoms. The third-order valence-electron chi connectivity index (χ3n) is 3.30. The first-order valence-electron chi connectivity index (χ1n) is 7.20. The molecule has 2 rings (SSSR count). The Kier molecular flexibility index (Phi) is 5.88. The van der Waals surface area contributed by atoms with Crippen LogP contribution in [0, 0.1) is 0 Å². The van der Waals surface area contributed by atoms with Crippen LogP contribution in [0.25, 0.3) is 0 Å². The summed E-state index contributed by atoms with van der Waals surface area (Å²) in [5.41, 5.74) is 1.14. The second kappa shape index (κ2) is 8.15. The summed E-state index contributed by atoms with van der Waals surface area (Å²) < 4.78 is 10.3. The van der Waals surface area contributed by atoms with Gasteiger partial charge in [-0.2, -0.15) is 0 Å². The number of nitrogens with one attached hydrogen (secondary N) is 1. The summed E-state index contributed by atoms with van der Waals surface area (Å²) in [5.74, 6) is 1.88. The number of carbonyl (C=O) groups excluding carboxylic acids is 1. The van der Waals surface area contributed by atoms with E-state index in [1.165, 1.54) is 0 Å². The number of benzene rings is 1. The summed E-state index contributed by atoms with van der Waals surface area (Å²) in [7, 11) is 1.64. The van der Waals surface area contributed by atoms with E-state index in [4.69, 9.17) is 9.15 Å². The van der Waals surface area contributed by atoms with E-state index in [0.717, 1.165) is 36.3 Å². The average molecular weight is 287 g/mol. The predicted molar refractivity (Wildman–Crippen MR) is 81.4 cm³/mol. The summed E-state index contributed by atoms with van der Waals surface area (Å²) in [6.45, 7) is 0.683. The fraction of sp³-hybridized carbons (Fsp3) is 0.353. The van der Waals surface area contributed by atoms with Crippen molar-refractivity contribution in [3.8, 4) is 5.75 Å². The molecule has 0 aliphatic rings. The number of carbonyl (C=O) groups is 1. The Morgan fingerprint density at radius 1 is 1.19 bits per heavy atom. The highest BCUT2D eigenvalue weighted by Crippen LogP contribution is 2.12. The summed E-state index contributed by atoms with van der Waals surface area (Å²) >= 11 is 0. The number of amides is 1. The molecule has 112 valence electrons. The van der Waals surface area contributed by atoms with Gasteiger partial charge in [-0.05, 0) is 42.7 Å². The van der Waals surface area contributed by atoms with Gasteiger partial charge in [0.25, 0.3) is 0 Å². The van der Waals surface area contributed by atoms with Crippen LogP contribution >= 0.6 is 0 Å². The maximum atomic E-state index is 11.7. The number of ether oxygens (including phenoxy) is 1. The number of rotatable bonds is 8. The monoisotopic (exact) mass is 287 g/mol. The molecule has 0 atom stereocenters. The van der Waals surface area contributed by atoms with Gasteiger partial charge in [0.05, 0.1) is 13.4 Å². The molecule has 1 aromatic carbocycles. The van der Waals surface area contributed by atoms with Gasteiger partial charge >= 0.3 is 0 Å². The zero-order valence-corrected chi connectivity index (χ0v) is 12.3. The van der Waals surface area contributed by atoms with Crippen LogP contribution in [0.5, 0.6) is 5.75 Å². The smallest absolute Gasteiger partial charge is 0.220 e. The maximum Gasteiger partial charge on any atom is 0.220 e. The van der Waals surface area contributed by atoms with Gasteiger partial charge in [-0.1, -0.05) is 12.1 Å². The van der Waals surface area contributed by atoms with Crippen molar-refractivity contribution in [1.29, 1.82) is 0 Å². The van der Waals surface area contributed by atoms with Crippen LogP contribution in [-0.4, -0.2) is 19.6 Å². The standard InChI is InChI=1S/C17H21NO3/c1-20-15-9-6-14(7-10-15)8-11-17(19)18-12-2-4-16-5-3-13-21-16/h3,5-7,9-10,13H,2,4,8,11-12H2,1H3,(H,18,19). The third kappa shape index (κ3) is 5.34. The Labute approximate surface area is 125 Å². The van der Waals surface area contributed by atoms with Gasteiger partial charge in [-0.25, -0.2) is 0 Å². The molecule has 1 heterocycles. The van der Waals surface area contributed by atoms with Gasteiger partial charge in [0.15, 0.2) is 0 Å². The Hall–Kier alpha value is -2.23. The lowest BCUT2D eigenvalue weighted by molar-refractivity contribution is -0.121. The normalized spacial score (nSPS) is 10.3. The van der Waals surface area contributed by atoms with E-state index in [1.807, 2.05) is 36.4 Å². The summed E-state index contributed by atoms with van der Waals surface area (Å²) in [4.78, 5) is 11.7. The first-order valence-corrected chi connectivity index (χ1v) is 7.20. The van der Waals surface area contributed by atoms with E-state index in [0.29, 0.717) is 13.0 Å². The molecule has 4 nitrogen and oxygen atoms in total. The lowest BCUT2D eigenvalue weighted by Crippen LogP contribution is -2.24. The summed E-state index contributed by atoms with van der Waals surface area (Å²) in [6, 6.07) is 11.6. The molecular weight excluding hydrogens is 266 g/mol. The molecule has 0 fully saturated rings. The largest absolute Gasteiger partial charge is 0.497 e. The van der Waals surface area contributed by atoms with Crippen molar-refractivity contribution in [1.82, 2.24) is 5.32 Å². The molecular formula is C17H21NO3. The van der Waals surface area contributed by atoms with Crippen LogP contribution < -0.4 is 10.1 Å². The minimum absolute atomic E-state index is 0.0882. The number of methoxy groups -OCH3 is 1. The number of hydrogen-bond donors (Lipinski definition) is 1. The highest BCUT2D eigenvalue weighted by Gasteiger charge is 2.03. The molecule has 21 heavy (non-hydrogen) atoms. The fourth-order valence-electron chi connectivity index (χ4n) is 2.08.